The van der Waals surface area contributed by atoms with Crippen LogP contribution in [0, 0.1) is 17.8 Å². The van der Waals surface area contributed by atoms with E-state index in [4.69, 9.17) is 0 Å². The molecule has 0 unspecified atom stereocenters. The molecule has 2 aliphatic carbocycles. The average molecular weight is 285 g/mol. The highest BCUT2D eigenvalue weighted by Crippen LogP contribution is 2.48. The van der Waals surface area contributed by atoms with Crippen LogP contribution in [0.2, 0.25) is 0 Å². The fourth-order valence-corrected chi connectivity index (χ4v) is 4.18. The monoisotopic (exact) mass is 285 g/mol. The number of fused-ring (bicyclic) bond motifs is 3. The number of nitrogens with one attached hydrogen (secondary N) is 2. The van der Waals surface area contributed by atoms with Gasteiger partial charge in [0, 0.05) is 18.6 Å². The van der Waals surface area contributed by atoms with E-state index >= 15 is 0 Å². The minimum atomic E-state index is -0.165. The molecule has 0 radical (unpaired) electrons. The highest BCUT2D eigenvalue weighted by atomic mass is 16.3. The summed E-state index contributed by atoms with van der Waals surface area (Å²) in [6.07, 6.45) is 3.48. The lowest BCUT2D eigenvalue weighted by molar-refractivity contribution is 0.0852. The standard InChI is InChI=1S/C16H19N3O2/c20-8-11-9-5-6-10(7-9)14(11)19-16(21)15-17-12-3-1-2-4-13(12)18-15/h1-4,9-11,14,20H,5-8H2,(H,17,18)(H,19,21)/t9-,10-,11+,14-/m0/s1. The maximum atomic E-state index is 12.4. The van der Waals surface area contributed by atoms with E-state index in [1.54, 1.807) is 0 Å². The van der Waals surface area contributed by atoms with Gasteiger partial charge in [-0.25, -0.2) is 4.98 Å². The van der Waals surface area contributed by atoms with Crippen molar-refractivity contribution in [2.75, 3.05) is 6.61 Å². The molecule has 1 aromatic carbocycles. The van der Waals surface area contributed by atoms with E-state index in [9.17, 15) is 9.90 Å². The quantitative estimate of drug-likeness (QED) is 0.803. The van der Waals surface area contributed by atoms with Crippen molar-refractivity contribution in [1.82, 2.24) is 15.3 Å². The van der Waals surface area contributed by atoms with Gasteiger partial charge in [0.1, 0.15) is 0 Å². The third-order valence-electron chi connectivity index (χ3n) is 5.20. The van der Waals surface area contributed by atoms with Crippen LogP contribution in [0.25, 0.3) is 11.0 Å². The molecule has 1 heterocycles. The summed E-state index contributed by atoms with van der Waals surface area (Å²) in [4.78, 5) is 19.8. The number of aromatic amines is 1. The molecule has 0 saturated heterocycles. The molecule has 4 rings (SSSR count). The highest BCUT2D eigenvalue weighted by molar-refractivity contribution is 5.94. The summed E-state index contributed by atoms with van der Waals surface area (Å²) in [5.74, 6) is 1.48. The maximum absolute atomic E-state index is 12.4. The second kappa shape index (κ2) is 4.84. The minimum absolute atomic E-state index is 0.0921. The highest BCUT2D eigenvalue weighted by Gasteiger charge is 2.47. The van der Waals surface area contributed by atoms with Gasteiger partial charge in [-0.05, 0) is 43.2 Å². The third kappa shape index (κ3) is 2.03. The Morgan fingerprint density at radius 2 is 2.14 bits per heavy atom. The predicted octanol–water partition coefficient (Wildman–Crippen LogP) is 1.70. The van der Waals surface area contributed by atoms with Gasteiger partial charge < -0.3 is 15.4 Å². The molecule has 2 bridgehead atoms. The number of benzene rings is 1. The van der Waals surface area contributed by atoms with Crippen LogP contribution in [0.5, 0.6) is 0 Å². The first-order valence-corrected chi connectivity index (χ1v) is 7.62. The van der Waals surface area contributed by atoms with Crippen LogP contribution in [0.1, 0.15) is 29.9 Å². The topological polar surface area (TPSA) is 78.0 Å². The molecule has 5 heteroatoms. The largest absolute Gasteiger partial charge is 0.396 e. The maximum Gasteiger partial charge on any atom is 0.287 e. The van der Waals surface area contributed by atoms with Crippen LogP contribution in [0.3, 0.4) is 0 Å². The number of aliphatic hydroxyl groups excluding tert-OH is 1. The number of hydrogen-bond acceptors (Lipinski definition) is 3. The number of carbonyl (C=O) groups excluding carboxylic acids is 1. The second-order valence-electron chi connectivity index (χ2n) is 6.28. The van der Waals surface area contributed by atoms with E-state index in [1.807, 2.05) is 24.3 Å². The summed E-state index contributed by atoms with van der Waals surface area (Å²) in [7, 11) is 0. The number of carbonyl (C=O) groups is 1. The zero-order valence-electron chi connectivity index (χ0n) is 11.7. The molecule has 2 aliphatic rings. The summed E-state index contributed by atoms with van der Waals surface area (Å²) >= 11 is 0. The zero-order chi connectivity index (χ0) is 14.4. The van der Waals surface area contributed by atoms with Crippen LogP contribution in [-0.2, 0) is 0 Å². The molecule has 0 aliphatic heterocycles. The lowest BCUT2D eigenvalue weighted by Crippen LogP contribution is -2.45. The Morgan fingerprint density at radius 1 is 1.33 bits per heavy atom. The number of H-pyrrole nitrogens is 1. The third-order valence-corrected chi connectivity index (χ3v) is 5.20. The molecular weight excluding hydrogens is 266 g/mol. The summed E-state index contributed by atoms with van der Waals surface area (Å²) in [5, 5.41) is 12.7. The lowest BCUT2D eigenvalue weighted by atomic mass is 9.85. The molecule has 21 heavy (non-hydrogen) atoms. The molecule has 0 spiro atoms. The van der Waals surface area contributed by atoms with Crippen LogP contribution in [0.15, 0.2) is 24.3 Å². The van der Waals surface area contributed by atoms with Gasteiger partial charge in [-0.2, -0.15) is 0 Å². The summed E-state index contributed by atoms with van der Waals surface area (Å²) in [5.41, 5.74) is 1.67. The Bertz CT molecular complexity index is 648. The van der Waals surface area contributed by atoms with Crippen LogP contribution in [0.4, 0.5) is 0 Å². The first kappa shape index (κ1) is 12.8. The van der Waals surface area contributed by atoms with Crippen LogP contribution < -0.4 is 5.32 Å². The van der Waals surface area contributed by atoms with Gasteiger partial charge in [0.05, 0.1) is 11.0 Å². The SMILES string of the molecule is O=C(N[C@H]1[C@H]2CC[C@@H](C2)[C@H]1CO)c1nc2ccccc2[nH]1. The van der Waals surface area contributed by atoms with E-state index in [1.165, 1.54) is 6.42 Å². The Hall–Kier alpha value is -1.88. The predicted molar refractivity (Wildman–Crippen MR) is 78.8 cm³/mol. The first-order valence-electron chi connectivity index (χ1n) is 7.62. The Labute approximate surface area is 122 Å². The molecule has 5 nitrogen and oxygen atoms in total. The molecule has 110 valence electrons. The number of imidazole rings is 1. The van der Waals surface area contributed by atoms with E-state index in [2.05, 4.69) is 15.3 Å². The van der Waals surface area contributed by atoms with E-state index in [0.717, 1.165) is 23.9 Å². The van der Waals surface area contributed by atoms with Crippen molar-refractivity contribution in [3.05, 3.63) is 30.1 Å². The smallest absolute Gasteiger partial charge is 0.287 e. The van der Waals surface area contributed by atoms with E-state index < -0.39 is 0 Å². The lowest BCUT2D eigenvalue weighted by Gasteiger charge is -2.30. The van der Waals surface area contributed by atoms with Crippen LogP contribution in [-0.4, -0.2) is 33.6 Å². The molecule has 2 fully saturated rings. The van der Waals surface area contributed by atoms with Crippen molar-refractivity contribution in [2.45, 2.75) is 25.3 Å². The van der Waals surface area contributed by atoms with Gasteiger partial charge in [-0.15, -0.1) is 0 Å². The Balaban J connectivity index is 1.55. The van der Waals surface area contributed by atoms with Crippen molar-refractivity contribution in [3.8, 4) is 0 Å². The van der Waals surface area contributed by atoms with Gasteiger partial charge in [-0.1, -0.05) is 12.1 Å². The second-order valence-corrected chi connectivity index (χ2v) is 6.28. The van der Waals surface area contributed by atoms with E-state index in [0.29, 0.717) is 17.7 Å². The van der Waals surface area contributed by atoms with Crippen molar-refractivity contribution >= 4 is 16.9 Å². The summed E-state index contributed by atoms with van der Waals surface area (Å²) in [6.45, 7) is 0.159. The molecule has 3 N–H and O–H groups in total. The molecular formula is C16H19N3O2. The number of amides is 1. The first-order chi connectivity index (χ1) is 10.3. The van der Waals surface area contributed by atoms with Gasteiger partial charge >= 0.3 is 0 Å². The van der Waals surface area contributed by atoms with Crippen molar-refractivity contribution in [1.29, 1.82) is 0 Å². The van der Waals surface area contributed by atoms with Gasteiger partial charge in [0.25, 0.3) is 5.91 Å². The molecule has 1 aromatic heterocycles. The van der Waals surface area contributed by atoms with Gasteiger partial charge in [-0.3, -0.25) is 4.79 Å². The number of aromatic nitrogens is 2. The normalized spacial score (nSPS) is 30.9. The average Bonchev–Trinajstić information content (AvgIpc) is 3.20. The van der Waals surface area contributed by atoms with Crippen molar-refractivity contribution in [2.24, 2.45) is 17.8 Å². The number of para-hydroxylation sites is 2. The van der Waals surface area contributed by atoms with E-state index in [-0.39, 0.29) is 24.5 Å². The molecule has 4 atom stereocenters. The summed E-state index contributed by atoms with van der Waals surface area (Å²) < 4.78 is 0. The number of aliphatic hydroxyl groups is 1. The van der Waals surface area contributed by atoms with Crippen molar-refractivity contribution < 1.29 is 9.90 Å². The number of hydrogen-bond donors (Lipinski definition) is 3. The molecule has 2 aromatic rings. The Kier molecular flexibility index (Phi) is 2.96. The summed E-state index contributed by atoms with van der Waals surface area (Å²) in [6, 6.07) is 7.71. The minimum Gasteiger partial charge on any atom is -0.396 e. The van der Waals surface area contributed by atoms with Gasteiger partial charge in [0.15, 0.2) is 5.82 Å². The molecule has 2 saturated carbocycles. The fraction of sp³-hybridized carbons (Fsp3) is 0.500. The number of rotatable bonds is 3. The van der Waals surface area contributed by atoms with Gasteiger partial charge in [0.2, 0.25) is 0 Å². The fourth-order valence-electron chi connectivity index (χ4n) is 4.18. The number of nitrogens with zero attached hydrogens (tertiary/aromatic N) is 1. The van der Waals surface area contributed by atoms with Crippen LogP contribution >= 0.6 is 0 Å². The Morgan fingerprint density at radius 3 is 2.95 bits per heavy atom. The van der Waals surface area contributed by atoms with Crippen molar-refractivity contribution in [3.63, 3.8) is 0 Å². The zero-order valence-corrected chi connectivity index (χ0v) is 11.7. The molecule has 1 amide bonds.